The van der Waals surface area contributed by atoms with Crippen LogP contribution in [0.2, 0.25) is 0 Å². The van der Waals surface area contributed by atoms with Gasteiger partial charge in [0, 0.05) is 6.42 Å². The smallest absolute Gasteiger partial charge is 0.450 e. The van der Waals surface area contributed by atoms with Gasteiger partial charge in [0.25, 0.3) is 0 Å². The maximum Gasteiger partial charge on any atom is 0.503 e. The highest BCUT2D eigenvalue weighted by molar-refractivity contribution is 5.91. The molecule has 19 heavy (non-hydrogen) atoms. The minimum atomic E-state index is -1.83. The highest BCUT2D eigenvalue weighted by Crippen LogP contribution is 2.41. The third kappa shape index (κ3) is 5.70. The fraction of sp³-hybridized carbons (Fsp3) is 0.571. The molecule has 0 heterocycles. The molecule has 0 aromatic rings. The zero-order valence-electron chi connectivity index (χ0n) is 11.6. The first-order valence-electron chi connectivity index (χ1n) is 6.07. The summed E-state index contributed by atoms with van der Waals surface area (Å²) >= 11 is 0. The van der Waals surface area contributed by atoms with Gasteiger partial charge in [-0.1, -0.05) is 26.0 Å². The average molecular weight is 270 g/mol. The maximum absolute atomic E-state index is 11.4. The molecular formula is C14H22O5. The lowest BCUT2D eigenvalue weighted by Crippen LogP contribution is -2.29. The molecule has 5 heteroatoms. The second kappa shape index (κ2) is 7.09. The number of rotatable bonds is 3. The van der Waals surface area contributed by atoms with Crippen molar-refractivity contribution < 1.29 is 24.9 Å². The van der Waals surface area contributed by atoms with E-state index in [4.69, 9.17) is 15.0 Å². The molecule has 0 radical (unpaired) electrons. The van der Waals surface area contributed by atoms with Crippen molar-refractivity contribution in [1.82, 2.24) is 0 Å². The van der Waals surface area contributed by atoms with Crippen LogP contribution in [0.3, 0.4) is 0 Å². The van der Waals surface area contributed by atoms with Crippen LogP contribution in [0.4, 0.5) is 4.79 Å². The second-order valence-corrected chi connectivity index (χ2v) is 5.23. The van der Waals surface area contributed by atoms with E-state index in [1.54, 1.807) is 0 Å². The van der Waals surface area contributed by atoms with Crippen molar-refractivity contribution in [3.05, 3.63) is 23.8 Å². The van der Waals surface area contributed by atoms with Crippen molar-refractivity contribution in [1.29, 1.82) is 0 Å². The van der Waals surface area contributed by atoms with Gasteiger partial charge in [-0.3, -0.25) is 4.79 Å². The van der Waals surface area contributed by atoms with Crippen LogP contribution in [-0.2, 0) is 4.79 Å². The van der Waals surface area contributed by atoms with E-state index in [1.807, 2.05) is 6.92 Å². The molecule has 0 amide bonds. The van der Waals surface area contributed by atoms with E-state index < -0.39 is 6.16 Å². The Bertz CT molecular complexity index is 389. The molecule has 0 aromatic carbocycles. The fourth-order valence-electron chi connectivity index (χ4n) is 2.22. The van der Waals surface area contributed by atoms with E-state index >= 15 is 0 Å². The molecule has 1 rings (SSSR count). The lowest BCUT2D eigenvalue weighted by atomic mass is 9.70. The van der Waals surface area contributed by atoms with Gasteiger partial charge < -0.3 is 15.3 Å². The Balaban J connectivity index is 0.000000711. The molecule has 0 aliphatic heterocycles. The van der Waals surface area contributed by atoms with Crippen LogP contribution in [0.1, 0.15) is 40.0 Å². The van der Waals surface area contributed by atoms with E-state index in [9.17, 15) is 9.90 Å². The molecule has 0 aromatic heterocycles. The highest BCUT2D eigenvalue weighted by atomic mass is 16.6. The van der Waals surface area contributed by atoms with Crippen LogP contribution in [0.25, 0.3) is 0 Å². The van der Waals surface area contributed by atoms with Crippen molar-refractivity contribution in [2.75, 3.05) is 0 Å². The van der Waals surface area contributed by atoms with Crippen molar-refractivity contribution in [3.8, 4) is 0 Å². The van der Waals surface area contributed by atoms with Gasteiger partial charge in [-0.2, -0.15) is 0 Å². The normalized spacial score (nSPS) is 21.2. The summed E-state index contributed by atoms with van der Waals surface area (Å²) in [5.74, 6) is 0.0338. The molecule has 1 unspecified atom stereocenters. The summed E-state index contributed by atoms with van der Waals surface area (Å²) in [6.07, 6.45) is 1.29. The number of allylic oxidation sites excluding steroid dienone is 2. The number of carbonyl (C=O) groups excluding carboxylic acids is 1. The number of aliphatic hydroxyl groups is 1. The Morgan fingerprint density at radius 3 is 2.32 bits per heavy atom. The van der Waals surface area contributed by atoms with E-state index in [0.29, 0.717) is 6.42 Å². The van der Waals surface area contributed by atoms with Gasteiger partial charge in [0.2, 0.25) is 0 Å². The summed E-state index contributed by atoms with van der Waals surface area (Å²) in [5.41, 5.74) is 2.09. The summed E-state index contributed by atoms with van der Waals surface area (Å²) in [6, 6.07) is 0. The molecule has 5 nitrogen and oxygen atoms in total. The Morgan fingerprint density at radius 2 is 1.89 bits per heavy atom. The van der Waals surface area contributed by atoms with Gasteiger partial charge in [0.05, 0.1) is 6.10 Å². The molecule has 3 N–H and O–H groups in total. The molecule has 1 aliphatic rings. The Labute approximate surface area is 113 Å². The van der Waals surface area contributed by atoms with Crippen LogP contribution in [0.5, 0.6) is 0 Å². The first-order chi connectivity index (χ1) is 8.61. The van der Waals surface area contributed by atoms with Crippen LogP contribution in [-0.4, -0.2) is 33.4 Å². The molecular weight excluding hydrogens is 248 g/mol. The second-order valence-electron chi connectivity index (χ2n) is 5.23. The molecule has 108 valence electrons. The average Bonchev–Trinajstić information content (AvgIpc) is 2.29. The predicted octanol–water partition coefficient (Wildman–Crippen LogP) is 2.85. The number of ketones is 1. The minimum Gasteiger partial charge on any atom is -0.450 e. The zero-order chi connectivity index (χ0) is 15.2. The minimum absolute atomic E-state index is 0.0297. The Hall–Kier alpha value is -1.62. The van der Waals surface area contributed by atoms with Crippen molar-refractivity contribution in [2.24, 2.45) is 5.41 Å². The Kier molecular flexibility index (Phi) is 6.48. The van der Waals surface area contributed by atoms with Crippen LogP contribution in [0, 0.1) is 5.41 Å². The summed E-state index contributed by atoms with van der Waals surface area (Å²) < 4.78 is 0. The first kappa shape index (κ1) is 17.4. The molecule has 0 saturated heterocycles. The van der Waals surface area contributed by atoms with E-state index in [1.165, 1.54) is 6.08 Å². The maximum atomic E-state index is 11.4. The van der Waals surface area contributed by atoms with E-state index in [0.717, 1.165) is 24.0 Å². The lowest BCUT2D eigenvalue weighted by molar-refractivity contribution is -0.114. The van der Waals surface area contributed by atoms with Gasteiger partial charge in [-0.25, -0.2) is 4.79 Å². The van der Waals surface area contributed by atoms with Crippen LogP contribution >= 0.6 is 0 Å². The van der Waals surface area contributed by atoms with Crippen LogP contribution in [0.15, 0.2) is 23.8 Å². The zero-order valence-corrected chi connectivity index (χ0v) is 11.6. The molecule has 1 aliphatic carbocycles. The quantitative estimate of drug-likeness (QED) is 0.541. The largest absolute Gasteiger partial charge is 0.503 e. The third-order valence-corrected chi connectivity index (χ3v) is 3.41. The van der Waals surface area contributed by atoms with E-state index in [2.05, 4.69) is 20.4 Å². The van der Waals surface area contributed by atoms with Gasteiger partial charge in [-0.05, 0) is 36.8 Å². The Morgan fingerprint density at radius 1 is 1.42 bits per heavy atom. The molecule has 0 saturated carbocycles. The SMILES string of the molecule is C=CC(=O)CC1=C(C)C(O)CCC1(C)C.O=C(O)O. The fourth-order valence-corrected chi connectivity index (χ4v) is 2.22. The molecule has 1 atom stereocenters. The highest BCUT2D eigenvalue weighted by Gasteiger charge is 2.32. The molecule has 0 bridgehead atoms. The summed E-state index contributed by atoms with van der Waals surface area (Å²) in [6.45, 7) is 9.68. The molecule has 0 spiro atoms. The number of hydrogen-bond acceptors (Lipinski definition) is 3. The number of hydrogen-bond donors (Lipinski definition) is 3. The van der Waals surface area contributed by atoms with E-state index in [-0.39, 0.29) is 17.3 Å². The van der Waals surface area contributed by atoms with Gasteiger partial charge in [-0.15, -0.1) is 0 Å². The van der Waals surface area contributed by atoms with Crippen LogP contribution < -0.4 is 0 Å². The summed E-state index contributed by atoms with van der Waals surface area (Å²) in [5, 5.41) is 23.7. The molecule has 0 fully saturated rings. The monoisotopic (exact) mass is 270 g/mol. The summed E-state index contributed by atoms with van der Waals surface area (Å²) in [4.78, 5) is 19.9. The van der Waals surface area contributed by atoms with Gasteiger partial charge in [0.1, 0.15) is 0 Å². The third-order valence-electron chi connectivity index (χ3n) is 3.41. The topological polar surface area (TPSA) is 94.8 Å². The van der Waals surface area contributed by atoms with Crippen molar-refractivity contribution in [3.63, 3.8) is 0 Å². The summed E-state index contributed by atoms with van der Waals surface area (Å²) in [7, 11) is 0. The number of aliphatic hydroxyl groups excluding tert-OH is 1. The predicted molar refractivity (Wildman–Crippen MR) is 72.2 cm³/mol. The standard InChI is InChI=1S/C13H20O2.CH2O3/c1-5-10(14)8-11-9(2)12(15)6-7-13(11,3)4;2-1(3)4/h5,12,15H,1,6-8H2,2-4H3;(H2,2,3,4). The lowest BCUT2D eigenvalue weighted by Gasteiger charge is -2.36. The van der Waals surface area contributed by atoms with Crippen molar-refractivity contribution in [2.45, 2.75) is 46.1 Å². The van der Waals surface area contributed by atoms with Gasteiger partial charge >= 0.3 is 6.16 Å². The number of carbonyl (C=O) groups is 2. The van der Waals surface area contributed by atoms with Crippen molar-refractivity contribution >= 4 is 11.9 Å². The number of carboxylic acid groups (broad SMARTS) is 2. The van der Waals surface area contributed by atoms with Gasteiger partial charge in [0.15, 0.2) is 5.78 Å². The first-order valence-corrected chi connectivity index (χ1v) is 6.07.